The Labute approximate surface area is 189 Å². The van der Waals surface area contributed by atoms with Crippen molar-refractivity contribution in [2.24, 2.45) is 0 Å². The van der Waals surface area contributed by atoms with Gasteiger partial charge in [-0.05, 0) is 97.5 Å². The highest BCUT2D eigenvalue weighted by atomic mass is 19.1. The number of aromatic nitrogens is 6. The van der Waals surface area contributed by atoms with E-state index in [2.05, 4.69) is 25.9 Å². The largest absolute Gasteiger partial charge is 0.321 e. The van der Waals surface area contributed by atoms with Gasteiger partial charge in [-0.2, -0.15) is 5.10 Å². The summed E-state index contributed by atoms with van der Waals surface area (Å²) < 4.78 is 17.0. The molecule has 0 bridgehead atoms. The summed E-state index contributed by atoms with van der Waals surface area (Å²) in [4.78, 5) is 13.2. The second-order valence-corrected chi connectivity index (χ2v) is 8.58. The lowest BCUT2D eigenvalue weighted by Crippen LogP contribution is -2.15. The predicted molar refractivity (Wildman–Crippen MR) is 120 cm³/mol. The number of hydrogen-bond acceptors (Lipinski definition) is 5. The van der Waals surface area contributed by atoms with Crippen molar-refractivity contribution in [2.45, 2.75) is 44.6 Å². The van der Waals surface area contributed by atoms with E-state index in [0.717, 1.165) is 66.9 Å². The van der Waals surface area contributed by atoms with Gasteiger partial charge in [-0.25, -0.2) is 13.8 Å². The molecule has 8 nitrogen and oxygen atoms in total. The van der Waals surface area contributed by atoms with Gasteiger partial charge in [-0.1, -0.05) is 0 Å². The molecule has 1 N–H and O–H groups in total. The maximum atomic E-state index is 13.4. The number of carbonyl (C=O) groups is 1. The molecular formula is C24H22FN7O. The van der Waals surface area contributed by atoms with Gasteiger partial charge in [-0.15, -0.1) is 5.10 Å². The van der Waals surface area contributed by atoms with E-state index >= 15 is 0 Å². The Balaban J connectivity index is 1.26. The van der Waals surface area contributed by atoms with Crippen LogP contribution >= 0.6 is 0 Å². The van der Waals surface area contributed by atoms with Crippen LogP contribution in [0.15, 0.2) is 48.5 Å². The molecule has 2 heterocycles. The Morgan fingerprint density at radius 3 is 2.52 bits per heavy atom. The van der Waals surface area contributed by atoms with E-state index in [1.165, 1.54) is 12.1 Å². The first-order valence-electron chi connectivity index (χ1n) is 11.2. The SMILES string of the molecule is O=C(Nc1ccc(-c2nnnn2C2CC2)cc1)c1nn(-c2ccc(F)cc2)c2c1CCCC2. The van der Waals surface area contributed by atoms with Gasteiger partial charge in [0.2, 0.25) is 0 Å². The van der Waals surface area contributed by atoms with E-state index in [4.69, 9.17) is 0 Å². The number of halogens is 1. The van der Waals surface area contributed by atoms with Crippen LogP contribution in [-0.2, 0) is 12.8 Å². The van der Waals surface area contributed by atoms with Crippen molar-refractivity contribution in [1.29, 1.82) is 0 Å². The van der Waals surface area contributed by atoms with Crippen LogP contribution in [0, 0.1) is 5.82 Å². The average molecular weight is 443 g/mol. The molecule has 0 unspecified atom stereocenters. The first kappa shape index (κ1) is 19.8. The third-order valence-corrected chi connectivity index (χ3v) is 6.25. The molecule has 2 aromatic carbocycles. The lowest BCUT2D eigenvalue weighted by atomic mass is 9.95. The third-order valence-electron chi connectivity index (χ3n) is 6.25. The summed E-state index contributed by atoms with van der Waals surface area (Å²) in [7, 11) is 0. The van der Waals surface area contributed by atoms with Crippen LogP contribution in [-0.4, -0.2) is 35.9 Å². The van der Waals surface area contributed by atoms with Crippen molar-refractivity contribution in [1.82, 2.24) is 30.0 Å². The molecule has 1 saturated carbocycles. The number of nitrogens with zero attached hydrogens (tertiary/aromatic N) is 6. The third kappa shape index (κ3) is 3.69. The maximum Gasteiger partial charge on any atom is 0.276 e. The standard InChI is InChI=1S/C24H22FN7O/c25-16-7-11-18(12-8-16)31-21-4-2-1-3-20(21)22(28-31)24(33)26-17-9-5-15(6-10-17)23-27-29-30-32(23)19-13-14-19/h5-12,19H,1-4,13-14H2,(H,26,33). The Bertz CT molecular complexity index is 1320. The molecule has 0 atom stereocenters. The summed E-state index contributed by atoms with van der Waals surface area (Å²) in [5, 5.41) is 19.7. The fraction of sp³-hybridized carbons (Fsp3) is 0.292. The van der Waals surface area contributed by atoms with Crippen LogP contribution in [0.25, 0.3) is 17.1 Å². The number of anilines is 1. The smallest absolute Gasteiger partial charge is 0.276 e. The molecule has 33 heavy (non-hydrogen) atoms. The van der Waals surface area contributed by atoms with Gasteiger partial charge < -0.3 is 5.32 Å². The van der Waals surface area contributed by atoms with E-state index in [-0.39, 0.29) is 11.7 Å². The van der Waals surface area contributed by atoms with Gasteiger partial charge >= 0.3 is 0 Å². The van der Waals surface area contributed by atoms with Crippen molar-refractivity contribution >= 4 is 11.6 Å². The van der Waals surface area contributed by atoms with Crippen LogP contribution in [0.3, 0.4) is 0 Å². The van der Waals surface area contributed by atoms with E-state index in [1.54, 1.807) is 16.8 Å². The van der Waals surface area contributed by atoms with E-state index in [0.29, 0.717) is 17.4 Å². The molecule has 1 amide bonds. The van der Waals surface area contributed by atoms with Gasteiger partial charge in [0.1, 0.15) is 5.82 Å². The minimum absolute atomic E-state index is 0.246. The minimum atomic E-state index is -0.299. The monoisotopic (exact) mass is 443 g/mol. The van der Waals surface area contributed by atoms with E-state index < -0.39 is 0 Å². The van der Waals surface area contributed by atoms with Crippen LogP contribution < -0.4 is 5.32 Å². The van der Waals surface area contributed by atoms with Crippen LogP contribution in [0.1, 0.15) is 53.5 Å². The minimum Gasteiger partial charge on any atom is -0.321 e. The number of benzene rings is 2. The Morgan fingerprint density at radius 1 is 1.00 bits per heavy atom. The quantitative estimate of drug-likeness (QED) is 0.501. The van der Waals surface area contributed by atoms with Crippen LogP contribution in [0.5, 0.6) is 0 Å². The predicted octanol–water partition coefficient (Wildman–Crippen LogP) is 4.13. The van der Waals surface area contributed by atoms with Gasteiger partial charge in [-0.3, -0.25) is 4.79 Å². The molecule has 0 aliphatic heterocycles. The molecular weight excluding hydrogens is 421 g/mol. The van der Waals surface area contributed by atoms with E-state index in [9.17, 15) is 9.18 Å². The molecule has 166 valence electrons. The molecule has 2 aliphatic rings. The number of amides is 1. The zero-order valence-electron chi connectivity index (χ0n) is 17.9. The molecule has 2 aromatic heterocycles. The Morgan fingerprint density at radius 2 is 1.76 bits per heavy atom. The molecule has 1 fully saturated rings. The Kier molecular flexibility index (Phi) is 4.74. The van der Waals surface area contributed by atoms with Crippen molar-refractivity contribution in [3.05, 3.63) is 71.3 Å². The molecule has 6 rings (SSSR count). The highest BCUT2D eigenvalue weighted by Crippen LogP contribution is 2.36. The number of nitrogens with one attached hydrogen (secondary N) is 1. The normalized spacial score (nSPS) is 15.3. The number of carbonyl (C=O) groups excluding carboxylic acids is 1. The molecule has 0 spiro atoms. The molecule has 9 heteroatoms. The van der Waals surface area contributed by atoms with Crippen LogP contribution in [0.4, 0.5) is 10.1 Å². The molecule has 2 aliphatic carbocycles. The highest BCUT2D eigenvalue weighted by molar-refractivity contribution is 6.04. The summed E-state index contributed by atoms with van der Waals surface area (Å²) >= 11 is 0. The molecule has 4 aromatic rings. The van der Waals surface area contributed by atoms with Crippen molar-refractivity contribution in [3.63, 3.8) is 0 Å². The number of hydrogen-bond donors (Lipinski definition) is 1. The average Bonchev–Trinajstić information content (AvgIpc) is 3.43. The number of fused-ring (bicyclic) bond motifs is 1. The fourth-order valence-corrected chi connectivity index (χ4v) is 4.42. The van der Waals surface area contributed by atoms with Gasteiger partial charge in [0.15, 0.2) is 11.5 Å². The van der Waals surface area contributed by atoms with E-state index in [1.807, 2.05) is 28.9 Å². The topological polar surface area (TPSA) is 90.5 Å². The summed E-state index contributed by atoms with van der Waals surface area (Å²) in [6.07, 6.45) is 5.91. The van der Waals surface area contributed by atoms with Crippen LogP contribution in [0.2, 0.25) is 0 Å². The first-order chi connectivity index (χ1) is 16.2. The lowest BCUT2D eigenvalue weighted by molar-refractivity contribution is 0.102. The lowest BCUT2D eigenvalue weighted by Gasteiger charge is -2.14. The first-order valence-corrected chi connectivity index (χ1v) is 11.2. The maximum absolute atomic E-state index is 13.4. The van der Waals surface area contributed by atoms with Crippen molar-refractivity contribution in [3.8, 4) is 17.1 Å². The van der Waals surface area contributed by atoms with Gasteiger partial charge in [0.05, 0.1) is 11.7 Å². The molecule has 0 radical (unpaired) electrons. The second-order valence-electron chi connectivity index (χ2n) is 8.58. The van der Waals surface area contributed by atoms with Gasteiger partial charge in [0, 0.05) is 22.5 Å². The summed E-state index contributed by atoms with van der Waals surface area (Å²) in [5.74, 6) is 0.194. The van der Waals surface area contributed by atoms with Gasteiger partial charge in [0.25, 0.3) is 5.91 Å². The number of tetrazole rings is 1. The summed E-state index contributed by atoms with van der Waals surface area (Å²) in [6, 6.07) is 14.1. The summed E-state index contributed by atoms with van der Waals surface area (Å²) in [6.45, 7) is 0. The Hall–Kier alpha value is -3.88. The second kappa shape index (κ2) is 7.91. The fourth-order valence-electron chi connectivity index (χ4n) is 4.42. The summed E-state index contributed by atoms with van der Waals surface area (Å²) in [5.41, 5.74) is 4.77. The number of rotatable bonds is 5. The molecule has 0 saturated heterocycles. The highest BCUT2D eigenvalue weighted by Gasteiger charge is 2.28. The zero-order chi connectivity index (χ0) is 22.4. The van der Waals surface area contributed by atoms with Crippen molar-refractivity contribution < 1.29 is 9.18 Å². The zero-order valence-corrected chi connectivity index (χ0v) is 17.9. The van der Waals surface area contributed by atoms with Crippen molar-refractivity contribution in [2.75, 3.05) is 5.32 Å².